The first-order valence-electron chi connectivity index (χ1n) is 7.06. The molecule has 5 nitrogen and oxygen atoms in total. The van der Waals surface area contributed by atoms with Crippen LogP contribution in [-0.2, 0) is 0 Å². The van der Waals surface area contributed by atoms with E-state index in [0.29, 0.717) is 22.5 Å². The fourth-order valence-electron chi connectivity index (χ4n) is 2.35. The highest BCUT2D eigenvalue weighted by Crippen LogP contribution is 2.25. The normalized spacial score (nSPS) is 9.58. The molecule has 0 unspecified atom stereocenters. The van der Waals surface area contributed by atoms with Crippen molar-refractivity contribution in [3.63, 3.8) is 0 Å². The molecule has 24 heavy (non-hydrogen) atoms. The summed E-state index contributed by atoms with van der Waals surface area (Å²) in [6, 6.07) is 11.4. The summed E-state index contributed by atoms with van der Waals surface area (Å²) in [7, 11) is 0. The highest BCUT2D eigenvalue weighted by Gasteiger charge is 2.11. The maximum Gasteiger partial charge on any atom is 0.137 e. The number of aromatic nitrogens is 3. The highest BCUT2D eigenvalue weighted by molar-refractivity contribution is 5.76. The maximum absolute atomic E-state index is 9.39. The summed E-state index contributed by atoms with van der Waals surface area (Å²) in [5.41, 5.74) is 5.78. The second-order valence-corrected chi connectivity index (χ2v) is 4.91. The van der Waals surface area contributed by atoms with E-state index in [1.54, 1.807) is 41.5 Å². The number of pyridine rings is 2. The van der Waals surface area contributed by atoms with Crippen LogP contribution in [0.25, 0.3) is 22.5 Å². The lowest BCUT2D eigenvalue weighted by Gasteiger charge is -2.03. The predicted octanol–water partition coefficient (Wildman–Crippen LogP) is 3.50. The third-order valence-electron chi connectivity index (χ3n) is 3.51. The van der Waals surface area contributed by atoms with Crippen molar-refractivity contribution in [1.82, 2.24) is 14.5 Å². The van der Waals surface area contributed by atoms with Gasteiger partial charge in [-0.05, 0) is 18.2 Å². The van der Waals surface area contributed by atoms with Crippen molar-refractivity contribution in [3.8, 4) is 29.1 Å². The Balaban J connectivity index is 2.11. The Hall–Kier alpha value is -3.92. The molecule has 0 saturated carbocycles. The van der Waals surface area contributed by atoms with Crippen LogP contribution in [0.2, 0.25) is 0 Å². The molecule has 3 rings (SSSR count). The van der Waals surface area contributed by atoms with Gasteiger partial charge < -0.3 is 4.57 Å². The summed E-state index contributed by atoms with van der Waals surface area (Å²) in [4.78, 5) is 8.40. The topological polar surface area (TPSA) is 78.3 Å². The van der Waals surface area contributed by atoms with Crippen LogP contribution in [0.3, 0.4) is 0 Å². The van der Waals surface area contributed by atoms with Crippen LogP contribution in [0.4, 0.5) is 0 Å². The van der Waals surface area contributed by atoms with Crippen molar-refractivity contribution in [2.75, 3.05) is 0 Å². The van der Waals surface area contributed by atoms with Gasteiger partial charge in [-0.15, -0.1) is 5.73 Å². The molecule has 0 saturated heterocycles. The van der Waals surface area contributed by atoms with E-state index in [1.165, 1.54) is 0 Å². The van der Waals surface area contributed by atoms with Gasteiger partial charge in [-0.2, -0.15) is 10.5 Å². The Bertz CT molecular complexity index is 1030. The highest BCUT2D eigenvalue weighted by atomic mass is 15.0. The molecule has 0 atom stereocenters. The van der Waals surface area contributed by atoms with E-state index < -0.39 is 0 Å². The van der Waals surface area contributed by atoms with Crippen LogP contribution in [-0.4, -0.2) is 14.5 Å². The first-order chi connectivity index (χ1) is 11.8. The average Bonchev–Trinajstić information content (AvgIpc) is 3.08. The number of nitriles is 2. The number of nitrogens with zero attached hydrogens (tertiary/aromatic N) is 5. The summed E-state index contributed by atoms with van der Waals surface area (Å²) in [5, 5.41) is 18.5. The monoisotopic (exact) mass is 309 g/mol. The van der Waals surface area contributed by atoms with Gasteiger partial charge in [0.15, 0.2) is 0 Å². The maximum atomic E-state index is 9.39. The number of rotatable bonds is 3. The number of hydrogen-bond acceptors (Lipinski definition) is 4. The molecule has 3 aromatic heterocycles. The van der Waals surface area contributed by atoms with Gasteiger partial charge >= 0.3 is 0 Å². The molecule has 3 aromatic rings. The van der Waals surface area contributed by atoms with Crippen LogP contribution in [0.15, 0.2) is 67.6 Å². The molecule has 5 heteroatoms. The quantitative estimate of drug-likeness (QED) is 0.548. The number of allylic oxidation sites excluding steroid dienone is 1. The Morgan fingerprint density at radius 1 is 1.17 bits per heavy atom. The standard InChI is InChI=1S/C19H11N5/c1-2-14(9-20)15-5-7-23-19(8-15)24-12-17(10-21)18(13-24)16-4-3-6-22-11-16/h3-8,11-13H,1H2. The lowest BCUT2D eigenvalue weighted by Crippen LogP contribution is -1.95. The fraction of sp³-hybridized carbons (Fsp3) is 0. The van der Waals surface area contributed by atoms with Crippen molar-refractivity contribution >= 4 is 5.57 Å². The molecular formula is C19H11N5. The SMILES string of the molecule is C=C=C(C#N)c1ccnc(-n2cc(C#N)c(-c3cccnc3)c2)c1. The molecule has 0 N–H and O–H groups in total. The van der Waals surface area contributed by atoms with Crippen LogP contribution in [0, 0.1) is 22.7 Å². The van der Waals surface area contributed by atoms with E-state index in [9.17, 15) is 5.26 Å². The Morgan fingerprint density at radius 3 is 2.71 bits per heavy atom. The van der Waals surface area contributed by atoms with Crippen LogP contribution in [0.1, 0.15) is 11.1 Å². The van der Waals surface area contributed by atoms with Gasteiger partial charge in [0.1, 0.15) is 23.5 Å². The first kappa shape index (κ1) is 15.0. The Kier molecular flexibility index (Phi) is 4.03. The van der Waals surface area contributed by atoms with E-state index in [2.05, 4.69) is 28.3 Å². The van der Waals surface area contributed by atoms with Gasteiger partial charge in [-0.25, -0.2) is 4.98 Å². The van der Waals surface area contributed by atoms with Crippen LogP contribution in [0.5, 0.6) is 0 Å². The molecule has 0 aromatic carbocycles. The van der Waals surface area contributed by atoms with Crippen molar-refractivity contribution < 1.29 is 0 Å². The summed E-state index contributed by atoms with van der Waals surface area (Å²) < 4.78 is 1.75. The summed E-state index contributed by atoms with van der Waals surface area (Å²) in [6.07, 6.45) is 8.53. The lowest BCUT2D eigenvalue weighted by molar-refractivity contribution is 1.01. The third kappa shape index (κ3) is 2.71. The van der Waals surface area contributed by atoms with Gasteiger partial charge in [0.2, 0.25) is 0 Å². The average molecular weight is 309 g/mol. The van der Waals surface area contributed by atoms with Gasteiger partial charge in [0.25, 0.3) is 0 Å². The second kappa shape index (κ2) is 6.46. The van der Waals surface area contributed by atoms with Crippen LogP contribution < -0.4 is 0 Å². The van der Waals surface area contributed by atoms with Crippen molar-refractivity contribution in [2.24, 2.45) is 0 Å². The van der Waals surface area contributed by atoms with Gasteiger partial charge in [-0.1, -0.05) is 12.6 Å². The van der Waals surface area contributed by atoms with Gasteiger partial charge in [0, 0.05) is 47.7 Å². The molecule has 3 heterocycles. The molecule has 0 aliphatic carbocycles. The largest absolute Gasteiger partial charge is 0.307 e. The molecule has 0 spiro atoms. The Morgan fingerprint density at radius 2 is 2.04 bits per heavy atom. The van der Waals surface area contributed by atoms with E-state index in [0.717, 1.165) is 11.1 Å². The molecule has 0 aliphatic rings. The minimum atomic E-state index is 0.346. The smallest absolute Gasteiger partial charge is 0.137 e. The molecule has 0 fully saturated rings. The van der Waals surface area contributed by atoms with E-state index in [1.807, 2.05) is 24.4 Å². The number of hydrogen-bond donors (Lipinski definition) is 0. The zero-order valence-corrected chi connectivity index (χ0v) is 12.6. The summed E-state index contributed by atoms with van der Waals surface area (Å²) in [5.74, 6) is 0.599. The third-order valence-corrected chi connectivity index (χ3v) is 3.51. The Labute approximate surface area is 139 Å². The van der Waals surface area contributed by atoms with E-state index >= 15 is 0 Å². The fourth-order valence-corrected chi connectivity index (χ4v) is 2.35. The predicted molar refractivity (Wildman–Crippen MR) is 89.7 cm³/mol. The zero-order chi connectivity index (χ0) is 16.9. The molecule has 112 valence electrons. The van der Waals surface area contributed by atoms with Crippen molar-refractivity contribution in [2.45, 2.75) is 0 Å². The lowest BCUT2D eigenvalue weighted by atomic mass is 10.1. The summed E-state index contributed by atoms with van der Waals surface area (Å²) in [6.45, 7) is 3.52. The molecule has 0 radical (unpaired) electrons. The molecule has 0 aliphatic heterocycles. The van der Waals surface area contributed by atoms with Crippen molar-refractivity contribution in [3.05, 3.63) is 78.7 Å². The van der Waals surface area contributed by atoms with Crippen molar-refractivity contribution in [1.29, 1.82) is 10.5 Å². The van der Waals surface area contributed by atoms with Gasteiger partial charge in [0.05, 0.1) is 5.56 Å². The van der Waals surface area contributed by atoms with Gasteiger partial charge in [-0.3, -0.25) is 4.98 Å². The second-order valence-electron chi connectivity index (χ2n) is 4.91. The molecule has 0 amide bonds. The zero-order valence-electron chi connectivity index (χ0n) is 12.6. The van der Waals surface area contributed by atoms with E-state index in [-0.39, 0.29) is 0 Å². The summed E-state index contributed by atoms with van der Waals surface area (Å²) >= 11 is 0. The first-order valence-corrected chi connectivity index (χ1v) is 7.06. The van der Waals surface area contributed by atoms with E-state index in [4.69, 9.17) is 5.26 Å². The minimum absolute atomic E-state index is 0.346. The molecular weight excluding hydrogens is 298 g/mol. The minimum Gasteiger partial charge on any atom is -0.307 e. The molecule has 0 bridgehead atoms. The van der Waals surface area contributed by atoms with Crippen LogP contribution >= 0.6 is 0 Å².